The minimum absolute atomic E-state index is 0. The van der Waals surface area contributed by atoms with Crippen molar-refractivity contribution in [3.63, 3.8) is 0 Å². The van der Waals surface area contributed by atoms with Crippen molar-refractivity contribution in [2.75, 3.05) is 0 Å². The van der Waals surface area contributed by atoms with Crippen molar-refractivity contribution < 1.29 is 0 Å². The van der Waals surface area contributed by atoms with Gasteiger partial charge in [-0.15, -0.1) is 0 Å². The second kappa shape index (κ2) is 16.0. The summed E-state index contributed by atoms with van der Waals surface area (Å²) in [7, 11) is 1.39. The zero-order chi connectivity index (χ0) is 2.71. The van der Waals surface area contributed by atoms with Crippen molar-refractivity contribution in [1.29, 1.82) is 0 Å². The summed E-state index contributed by atoms with van der Waals surface area (Å²) < 4.78 is 1.44. The average molecular weight is 411 g/mol. The van der Waals surface area contributed by atoms with E-state index in [-0.39, 0.29) is 44.7 Å². The third kappa shape index (κ3) is 21.0. The molecule has 0 unspecified atom stereocenters. The van der Waals surface area contributed by atoms with Gasteiger partial charge in [-0.05, 0) is 0 Å². The Morgan fingerprint density at radius 1 is 1.60 bits per heavy atom. The van der Waals surface area contributed by atoms with E-state index in [4.69, 9.17) is 0 Å². The van der Waals surface area contributed by atoms with Crippen LogP contribution in [0.4, 0.5) is 0 Å². The molecule has 5 heavy (non-hydrogen) atoms. The summed E-state index contributed by atoms with van der Waals surface area (Å²) in [5.41, 5.74) is 0. The van der Waals surface area contributed by atoms with Gasteiger partial charge in [-0.2, -0.15) is 0 Å². The molecule has 0 bridgehead atoms. The van der Waals surface area contributed by atoms with Gasteiger partial charge in [-0.25, -0.2) is 0 Å². The SMILES string of the molecule is [AlH3].[PbH2].[SiH3]B[TeH]. The first-order valence-corrected chi connectivity index (χ1v) is 4.24. The van der Waals surface area contributed by atoms with Gasteiger partial charge >= 0.3 is 64.3 Å². The average Bonchev–Trinajstić information content (AvgIpc) is 0.918. The van der Waals surface area contributed by atoms with E-state index >= 15 is 0 Å². The molecule has 0 saturated heterocycles. The molecule has 0 fully saturated rings. The van der Waals surface area contributed by atoms with Crippen LogP contribution in [0.1, 0.15) is 0 Å². The van der Waals surface area contributed by atoms with Gasteiger partial charge in [0.1, 0.15) is 0 Å². The Balaban J connectivity index is -0.0000000200. The van der Waals surface area contributed by atoms with Crippen LogP contribution < -0.4 is 0 Å². The molecule has 0 nitrogen and oxygen atoms in total. The molecule has 0 N–H and O–H groups in total. The Morgan fingerprint density at radius 2 is 1.60 bits per heavy atom. The van der Waals surface area contributed by atoms with Crippen LogP contribution in [0.15, 0.2) is 0 Å². The summed E-state index contributed by atoms with van der Waals surface area (Å²) in [4.78, 5) is 0. The van der Waals surface area contributed by atoms with Gasteiger partial charge in [0, 0.05) is 0 Å². The van der Waals surface area contributed by atoms with Crippen LogP contribution in [0.2, 0.25) is 0 Å². The predicted molar refractivity (Wildman–Crippen MR) is 42.7 cm³/mol. The van der Waals surface area contributed by atoms with Crippen molar-refractivity contribution in [3.05, 3.63) is 0 Å². The molecule has 30 valence electrons. The van der Waals surface area contributed by atoms with E-state index in [9.17, 15) is 0 Å². The maximum absolute atomic E-state index is 1.91. The molecule has 2 radical (unpaired) electrons. The van der Waals surface area contributed by atoms with Crippen molar-refractivity contribution >= 4 is 81.6 Å². The quantitative estimate of drug-likeness (QED) is 0.353. The summed E-state index contributed by atoms with van der Waals surface area (Å²) in [5, 5.41) is 0. The Bertz CT molecular complexity index is 11.6. The van der Waals surface area contributed by atoms with Crippen LogP contribution in [-0.2, 0) is 0 Å². The molecule has 0 aromatic carbocycles. The molecule has 0 amide bonds. The van der Waals surface area contributed by atoms with Gasteiger partial charge in [0.25, 0.3) is 0 Å². The molecule has 0 saturated carbocycles. The Labute approximate surface area is 80.4 Å². The van der Waals surface area contributed by atoms with Gasteiger partial charge in [0.15, 0.2) is 17.4 Å². The number of rotatable bonds is 0. The van der Waals surface area contributed by atoms with E-state index in [0.717, 1.165) is 0 Å². The summed E-state index contributed by atoms with van der Waals surface area (Å²) in [6, 6.07) is 0. The fourth-order valence-electron chi connectivity index (χ4n) is 0. The minimum atomic E-state index is 0. The normalized spacial score (nSPS) is 3.40. The molecular formula is H10AlBPbSiTe. The molecule has 0 aliphatic rings. The zero-order valence-corrected chi connectivity index (χ0v) is 12.9. The molecule has 0 spiro atoms. The van der Waals surface area contributed by atoms with Crippen LogP contribution in [0.5, 0.6) is 0 Å². The molecule has 0 aromatic heterocycles. The van der Waals surface area contributed by atoms with Gasteiger partial charge in [-0.1, -0.05) is 0 Å². The van der Waals surface area contributed by atoms with E-state index in [1.54, 1.807) is 0 Å². The van der Waals surface area contributed by atoms with E-state index in [1.165, 1.54) is 14.9 Å². The Hall–Kier alpha value is 2.53. The first kappa shape index (κ1) is 15.6. The third-order valence-corrected chi connectivity index (χ3v) is 0. The monoisotopic (exact) mass is 414 g/mol. The van der Waals surface area contributed by atoms with E-state index < -0.39 is 0 Å². The van der Waals surface area contributed by atoms with Gasteiger partial charge in [0.2, 0.25) is 0 Å². The van der Waals surface area contributed by atoms with Crippen LogP contribution >= 0.6 is 0 Å². The molecule has 0 rings (SSSR count). The van der Waals surface area contributed by atoms with E-state index in [0.29, 0.717) is 0 Å². The number of hydrogen-bond acceptors (Lipinski definition) is 0. The molecular weight excluding hydrogens is 401 g/mol. The fourth-order valence-corrected chi connectivity index (χ4v) is 0. The Morgan fingerprint density at radius 3 is 1.60 bits per heavy atom. The number of hydrogen-bond donors (Lipinski definition) is 0. The van der Waals surface area contributed by atoms with Gasteiger partial charge in [0.05, 0.1) is 0 Å². The van der Waals surface area contributed by atoms with Crippen LogP contribution in [0.25, 0.3) is 0 Å². The van der Waals surface area contributed by atoms with Crippen molar-refractivity contribution in [3.8, 4) is 0 Å². The Kier molecular flexibility index (Phi) is 50.2. The zero-order valence-electron chi connectivity index (χ0n) is 2.86. The summed E-state index contributed by atoms with van der Waals surface area (Å²) in [6.45, 7) is 0. The van der Waals surface area contributed by atoms with Gasteiger partial charge in [-0.3, -0.25) is 0 Å². The molecule has 0 aliphatic heterocycles. The predicted octanol–water partition coefficient (Wildman–Crippen LogP) is -4.58. The third-order valence-electron chi connectivity index (χ3n) is 0. The second-order valence-corrected chi connectivity index (χ2v) is 6.36. The van der Waals surface area contributed by atoms with Crippen molar-refractivity contribution in [2.24, 2.45) is 0 Å². The topological polar surface area (TPSA) is 0 Å². The molecule has 5 heteroatoms. The molecule has 0 atom stereocenters. The van der Waals surface area contributed by atoms with Crippen LogP contribution in [0, 0.1) is 0 Å². The summed E-state index contributed by atoms with van der Waals surface area (Å²) in [6.07, 6.45) is 0. The molecule has 0 heterocycles. The standard InChI is InChI=1S/Al.BH5SiTe.Pb.5H/c;2-1-3;;;;;;/h;1,3H,2H3;;;;;;. The fraction of sp³-hybridized carbons (Fsp3) is 0. The second-order valence-electron chi connectivity index (χ2n) is 0.316. The summed E-state index contributed by atoms with van der Waals surface area (Å²) in [5.74, 6) is 0. The summed E-state index contributed by atoms with van der Waals surface area (Å²) >= 11 is 1.91. The van der Waals surface area contributed by atoms with Crippen LogP contribution in [-0.4, -0.2) is 81.6 Å². The van der Waals surface area contributed by atoms with E-state index in [1.807, 2.05) is 22.1 Å². The first-order valence-electron chi connectivity index (χ1n) is 1.02. The first-order chi connectivity index (χ1) is 1.41. The van der Waals surface area contributed by atoms with Gasteiger partial charge < -0.3 is 0 Å². The van der Waals surface area contributed by atoms with Crippen molar-refractivity contribution in [1.82, 2.24) is 0 Å². The van der Waals surface area contributed by atoms with E-state index in [2.05, 4.69) is 0 Å². The molecule has 0 aliphatic carbocycles. The van der Waals surface area contributed by atoms with Crippen molar-refractivity contribution in [2.45, 2.75) is 0 Å². The van der Waals surface area contributed by atoms with Crippen LogP contribution in [0.3, 0.4) is 0 Å². The maximum atomic E-state index is 1.91. The molecule has 0 aromatic rings.